The first-order valence-electron chi connectivity index (χ1n) is 11.4. The van der Waals surface area contributed by atoms with Gasteiger partial charge in [0.05, 0.1) is 11.9 Å². The molecule has 1 fully saturated rings. The van der Waals surface area contributed by atoms with Crippen LogP contribution in [0.15, 0.2) is 73.1 Å². The number of pyridine rings is 1. The van der Waals surface area contributed by atoms with Gasteiger partial charge >= 0.3 is 6.09 Å². The number of amides is 1. The van der Waals surface area contributed by atoms with Gasteiger partial charge in [0.25, 0.3) is 0 Å². The van der Waals surface area contributed by atoms with Gasteiger partial charge in [-0.1, -0.05) is 30.3 Å². The molecule has 4 rings (SSSR count). The number of nitrogens with one attached hydrogen (secondary N) is 1. The molecule has 1 aromatic heterocycles. The van der Waals surface area contributed by atoms with E-state index in [4.69, 9.17) is 9.47 Å². The molecule has 2 aromatic carbocycles. The fraction of sp³-hybridized carbons (Fsp3) is 0.333. The smallest absolute Gasteiger partial charge is 0.410 e. The lowest BCUT2D eigenvalue weighted by molar-refractivity contribution is 0.0126. The van der Waals surface area contributed by atoms with Crippen LogP contribution in [0.25, 0.3) is 11.1 Å². The number of hydrogen-bond acceptors (Lipinski definition) is 5. The number of anilines is 2. The van der Waals surface area contributed by atoms with Crippen LogP contribution in [0, 0.1) is 0 Å². The number of carbonyl (C=O) groups is 1. The van der Waals surface area contributed by atoms with E-state index < -0.39 is 5.60 Å². The van der Waals surface area contributed by atoms with Crippen molar-refractivity contribution in [1.82, 2.24) is 9.88 Å². The molecule has 172 valence electrons. The number of aromatic nitrogens is 1. The summed E-state index contributed by atoms with van der Waals surface area (Å²) >= 11 is 0. The first kappa shape index (κ1) is 22.6. The van der Waals surface area contributed by atoms with Crippen LogP contribution in [0.2, 0.25) is 0 Å². The normalized spacial score (nSPS) is 14.6. The van der Waals surface area contributed by atoms with Crippen LogP contribution in [0.1, 0.15) is 33.6 Å². The fourth-order valence-corrected chi connectivity index (χ4v) is 3.76. The second-order valence-corrected chi connectivity index (χ2v) is 9.26. The Hall–Kier alpha value is -3.54. The Morgan fingerprint density at radius 1 is 0.939 bits per heavy atom. The highest BCUT2D eigenvalue weighted by molar-refractivity contribution is 5.70. The van der Waals surface area contributed by atoms with Crippen LogP contribution in [0.5, 0.6) is 5.75 Å². The molecule has 0 aliphatic carbocycles. The molecule has 6 heteroatoms. The Labute approximate surface area is 195 Å². The molecule has 1 aliphatic rings. The Kier molecular flexibility index (Phi) is 6.82. The predicted molar refractivity (Wildman–Crippen MR) is 131 cm³/mol. The van der Waals surface area contributed by atoms with Crippen molar-refractivity contribution < 1.29 is 14.3 Å². The molecule has 1 N–H and O–H groups in total. The number of hydrogen-bond donors (Lipinski definition) is 1. The van der Waals surface area contributed by atoms with Crippen LogP contribution in [0.3, 0.4) is 0 Å². The minimum Gasteiger partial charge on any atom is -0.490 e. The van der Waals surface area contributed by atoms with E-state index in [1.54, 1.807) is 4.90 Å². The summed E-state index contributed by atoms with van der Waals surface area (Å²) < 4.78 is 11.6. The fourth-order valence-electron chi connectivity index (χ4n) is 3.76. The molecule has 1 aliphatic heterocycles. The highest BCUT2D eigenvalue weighted by Crippen LogP contribution is 2.27. The number of benzene rings is 2. The summed E-state index contributed by atoms with van der Waals surface area (Å²) in [7, 11) is 0. The van der Waals surface area contributed by atoms with E-state index in [0.29, 0.717) is 13.1 Å². The van der Waals surface area contributed by atoms with Crippen molar-refractivity contribution in [3.8, 4) is 16.9 Å². The maximum absolute atomic E-state index is 12.2. The number of para-hydroxylation sites is 1. The van der Waals surface area contributed by atoms with Crippen LogP contribution >= 0.6 is 0 Å². The number of nitrogens with zero attached hydrogens (tertiary/aromatic N) is 2. The van der Waals surface area contributed by atoms with Gasteiger partial charge in [0, 0.05) is 43.4 Å². The summed E-state index contributed by atoms with van der Waals surface area (Å²) in [6.45, 7) is 6.94. The van der Waals surface area contributed by atoms with Crippen LogP contribution in [-0.4, -0.2) is 40.8 Å². The lowest BCUT2D eigenvalue weighted by Crippen LogP contribution is -2.44. The summed E-state index contributed by atoms with van der Waals surface area (Å²) in [6.07, 6.45) is 5.10. The molecule has 6 nitrogen and oxygen atoms in total. The van der Waals surface area contributed by atoms with Gasteiger partial charge in [-0.05, 0) is 56.7 Å². The standard InChI is InChI=1S/C27H31N3O3/c1-27(2,3)33-26(31)30-15-13-25(14-16-30)32-24-11-9-20(10-12-24)21-17-23(19-28-18-21)29-22-7-5-4-6-8-22/h4-12,17-19,25,29H,13-16H2,1-3H3. The maximum Gasteiger partial charge on any atom is 0.410 e. The molecule has 0 saturated carbocycles. The number of piperidine rings is 1. The van der Waals surface area contributed by atoms with Crippen molar-refractivity contribution in [2.24, 2.45) is 0 Å². The van der Waals surface area contributed by atoms with Crippen molar-refractivity contribution >= 4 is 17.5 Å². The minimum absolute atomic E-state index is 0.0922. The Balaban J connectivity index is 1.32. The molecule has 0 bridgehead atoms. The van der Waals surface area contributed by atoms with Gasteiger partial charge in [-0.3, -0.25) is 4.98 Å². The summed E-state index contributed by atoms with van der Waals surface area (Å²) in [5.74, 6) is 0.834. The molecular formula is C27H31N3O3. The summed E-state index contributed by atoms with van der Waals surface area (Å²) in [5, 5.41) is 3.38. The topological polar surface area (TPSA) is 63.7 Å². The molecule has 0 spiro atoms. The number of rotatable bonds is 5. The van der Waals surface area contributed by atoms with Crippen LogP contribution < -0.4 is 10.1 Å². The Morgan fingerprint density at radius 2 is 1.64 bits per heavy atom. The highest BCUT2D eigenvalue weighted by atomic mass is 16.6. The van der Waals surface area contributed by atoms with E-state index in [0.717, 1.165) is 41.1 Å². The Morgan fingerprint density at radius 3 is 2.30 bits per heavy atom. The van der Waals surface area contributed by atoms with E-state index in [2.05, 4.69) is 28.5 Å². The molecule has 1 saturated heterocycles. The zero-order valence-electron chi connectivity index (χ0n) is 19.5. The molecule has 1 amide bonds. The van der Waals surface area contributed by atoms with Gasteiger partial charge < -0.3 is 19.7 Å². The van der Waals surface area contributed by atoms with E-state index in [1.807, 2.05) is 75.6 Å². The zero-order chi connectivity index (χ0) is 23.3. The molecule has 0 unspecified atom stereocenters. The SMILES string of the molecule is CC(C)(C)OC(=O)N1CCC(Oc2ccc(-c3cncc(Nc4ccccc4)c3)cc2)CC1. The van der Waals surface area contributed by atoms with Crippen molar-refractivity contribution in [3.05, 3.63) is 73.1 Å². The average Bonchev–Trinajstić information content (AvgIpc) is 2.80. The van der Waals surface area contributed by atoms with Gasteiger partial charge in [0.2, 0.25) is 0 Å². The summed E-state index contributed by atoms with van der Waals surface area (Å²) in [4.78, 5) is 18.4. The van der Waals surface area contributed by atoms with E-state index >= 15 is 0 Å². The molecule has 0 atom stereocenters. The van der Waals surface area contributed by atoms with E-state index in [-0.39, 0.29) is 12.2 Å². The maximum atomic E-state index is 12.2. The van der Waals surface area contributed by atoms with E-state index in [9.17, 15) is 4.79 Å². The number of ether oxygens (including phenoxy) is 2. The molecule has 2 heterocycles. The van der Waals surface area contributed by atoms with E-state index in [1.165, 1.54) is 0 Å². The highest BCUT2D eigenvalue weighted by Gasteiger charge is 2.27. The van der Waals surface area contributed by atoms with Crippen molar-refractivity contribution in [2.75, 3.05) is 18.4 Å². The first-order chi connectivity index (χ1) is 15.9. The molecule has 3 aromatic rings. The van der Waals surface area contributed by atoms with Gasteiger partial charge in [-0.25, -0.2) is 4.79 Å². The van der Waals surface area contributed by atoms with Gasteiger partial charge in [-0.2, -0.15) is 0 Å². The third-order valence-corrected chi connectivity index (χ3v) is 5.38. The monoisotopic (exact) mass is 445 g/mol. The zero-order valence-corrected chi connectivity index (χ0v) is 19.5. The molecule has 0 radical (unpaired) electrons. The summed E-state index contributed by atoms with van der Waals surface area (Å²) in [6, 6.07) is 20.2. The van der Waals surface area contributed by atoms with Crippen LogP contribution in [0.4, 0.5) is 16.2 Å². The third-order valence-electron chi connectivity index (χ3n) is 5.38. The third kappa shape index (κ3) is 6.48. The van der Waals surface area contributed by atoms with Crippen molar-refractivity contribution in [3.63, 3.8) is 0 Å². The van der Waals surface area contributed by atoms with Crippen molar-refractivity contribution in [2.45, 2.75) is 45.3 Å². The largest absolute Gasteiger partial charge is 0.490 e. The first-order valence-corrected chi connectivity index (χ1v) is 11.4. The van der Waals surface area contributed by atoms with Crippen molar-refractivity contribution in [1.29, 1.82) is 0 Å². The second-order valence-electron chi connectivity index (χ2n) is 9.26. The van der Waals surface area contributed by atoms with Gasteiger partial charge in [0.15, 0.2) is 0 Å². The minimum atomic E-state index is -0.473. The molecule has 33 heavy (non-hydrogen) atoms. The number of likely N-dealkylation sites (tertiary alicyclic amines) is 1. The second kappa shape index (κ2) is 9.94. The lowest BCUT2D eigenvalue weighted by Gasteiger charge is -2.33. The molecular weight excluding hydrogens is 414 g/mol. The van der Waals surface area contributed by atoms with Crippen LogP contribution in [-0.2, 0) is 4.74 Å². The Bertz CT molecular complexity index is 1050. The van der Waals surface area contributed by atoms with Gasteiger partial charge in [-0.15, -0.1) is 0 Å². The number of carbonyl (C=O) groups excluding carboxylic acids is 1. The quantitative estimate of drug-likeness (QED) is 0.501. The predicted octanol–water partition coefficient (Wildman–Crippen LogP) is 6.27. The summed E-state index contributed by atoms with van der Waals surface area (Å²) in [5.41, 5.74) is 3.60. The van der Waals surface area contributed by atoms with Gasteiger partial charge in [0.1, 0.15) is 17.5 Å². The lowest BCUT2D eigenvalue weighted by atomic mass is 10.1. The average molecular weight is 446 g/mol.